The Morgan fingerprint density at radius 3 is 2.70 bits per heavy atom. The molecule has 6 heteroatoms. The maximum absolute atomic E-state index is 12.5. The molecular weight excluding hydrogens is 292 g/mol. The lowest BCUT2D eigenvalue weighted by Gasteiger charge is -2.33. The number of nitrogens with zero attached hydrogens (tertiary/aromatic N) is 3. The first-order valence-electron chi connectivity index (χ1n) is 9.02. The lowest BCUT2D eigenvalue weighted by molar-refractivity contribution is 0.166. The van der Waals surface area contributed by atoms with E-state index in [-0.39, 0.29) is 17.9 Å². The molecule has 1 saturated carbocycles. The number of piperidine rings is 1. The van der Waals surface area contributed by atoms with E-state index >= 15 is 0 Å². The highest BCUT2D eigenvalue weighted by Crippen LogP contribution is 2.27. The van der Waals surface area contributed by atoms with E-state index in [1.54, 1.807) is 0 Å². The van der Waals surface area contributed by atoms with Crippen LogP contribution in [0.4, 0.5) is 4.79 Å². The van der Waals surface area contributed by atoms with Gasteiger partial charge in [-0.25, -0.2) is 4.79 Å². The number of hydrogen-bond donors (Lipinski definition) is 1. The number of carbonyl (C=O) groups excluding carboxylic acids is 1. The van der Waals surface area contributed by atoms with Crippen LogP contribution in [-0.4, -0.2) is 40.2 Å². The Morgan fingerprint density at radius 2 is 2.00 bits per heavy atom. The molecule has 1 aromatic rings. The molecule has 2 fully saturated rings. The van der Waals surface area contributed by atoms with Gasteiger partial charge < -0.3 is 14.7 Å². The van der Waals surface area contributed by atoms with Crippen LogP contribution in [0.5, 0.6) is 0 Å². The minimum absolute atomic E-state index is 0.0743. The first kappa shape index (κ1) is 16.3. The highest BCUT2D eigenvalue weighted by molar-refractivity contribution is 5.74. The quantitative estimate of drug-likeness (QED) is 0.926. The second kappa shape index (κ2) is 7.32. The molecule has 128 valence electrons. The van der Waals surface area contributed by atoms with Gasteiger partial charge in [0.1, 0.15) is 0 Å². The SMILES string of the molecule is CC(C)c1noc([C@@H]2CCCN(C(=O)NC3CCCCC3)C2)n1. The van der Waals surface area contributed by atoms with Crippen molar-refractivity contribution in [1.29, 1.82) is 0 Å². The minimum Gasteiger partial charge on any atom is -0.339 e. The standard InChI is InChI=1S/C17H28N4O2/c1-12(2)15-19-16(23-20-15)13-7-6-10-21(11-13)17(22)18-14-8-4-3-5-9-14/h12-14H,3-11H2,1-2H3,(H,18,22)/t13-/m1/s1. The number of aromatic nitrogens is 2. The van der Waals surface area contributed by atoms with Crippen molar-refractivity contribution in [3.63, 3.8) is 0 Å². The molecule has 1 aliphatic heterocycles. The first-order chi connectivity index (χ1) is 11.1. The predicted octanol–water partition coefficient (Wildman–Crippen LogP) is 3.41. The molecule has 0 unspecified atom stereocenters. The molecule has 1 saturated heterocycles. The van der Waals surface area contributed by atoms with Crippen molar-refractivity contribution in [2.45, 2.75) is 76.7 Å². The lowest BCUT2D eigenvalue weighted by atomic mass is 9.95. The molecule has 1 atom stereocenters. The number of likely N-dealkylation sites (tertiary alicyclic amines) is 1. The zero-order valence-corrected chi connectivity index (χ0v) is 14.3. The van der Waals surface area contributed by atoms with Gasteiger partial charge in [-0.3, -0.25) is 0 Å². The molecule has 1 aliphatic carbocycles. The number of rotatable bonds is 3. The Bertz CT molecular complexity index is 522. The topological polar surface area (TPSA) is 71.3 Å². The largest absolute Gasteiger partial charge is 0.339 e. The third-order valence-corrected chi connectivity index (χ3v) is 4.96. The highest BCUT2D eigenvalue weighted by Gasteiger charge is 2.29. The number of carbonyl (C=O) groups is 1. The molecule has 0 spiro atoms. The van der Waals surface area contributed by atoms with Crippen LogP contribution in [0.2, 0.25) is 0 Å². The van der Waals surface area contributed by atoms with E-state index in [1.165, 1.54) is 19.3 Å². The van der Waals surface area contributed by atoms with Crippen LogP contribution >= 0.6 is 0 Å². The number of urea groups is 1. The fourth-order valence-corrected chi connectivity index (χ4v) is 3.52. The molecule has 0 radical (unpaired) electrons. The summed E-state index contributed by atoms with van der Waals surface area (Å²) < 4.78 is 5.42. The Morgan fingerprint density at radius 1 is 1.22 bits per heavy atom. The Balaban J connectivity index is 1.57. The summed E-state index contributed by atoms with van der Waals surface area (Å²) in [6.45, 7) is 5.61. The zero-order valence-electron chi connectivity index (χ0n) is 14.3. The van der Waals surface area contributed by atoms with Crippen LogP contribution in [0.1, 0.15) is 82.3 Å². The zero-order chi connectivity index (χ0) is 16.2. The summed E-state index contributed by atoms with van der Waals surface area (Å²) in [6.07, 6.45) is 7.98. The smallest absolute Gasteiger partial charge is 0.317 e. The summed E-state index contributed by atoms with van der Waals surface area (Å²) in [5.74, 6) is 1.87. The number of nitrogens with one attached hydrogen (secondary N) is 1. The fraction of sp³-hybridized carbons (Fsp3) is 0.824. The van der Waals surface area contributed by atoms with E-state index in [4.69, 9.17) is 4.52 Å². The second-order valence-electron chi connectivity index (χ2n) is 7.22. The van der Waals surface area contributed by atoms with Gasteiger partial charge in [0.25, 0.3) is 0 Å². The van der Waals surface area contributed by atoms with Gasteiger partial charge >= 0.3 is 6.03 Å². The molecule has 2 aliphatic rings. The van der Waals surface area contributed by atoms with Crippen molar-refractivity contribution in [3.05, 3.63) is 11.7 Å². The van der Waals surface area contributed by atoms with Crippen molar-refractivity contribution in [3.8, 4) is 0 Å². The summed E-state index contributed by atoms with van der Waals surface area (Å²) in [6, 6.07) is 0.428. The van der Waals surface area contributed by atoms with Crippen LogP contribution in [0.25, 0.3) is 0 Å². The number of amides is 2. The van der Waals surface area contributed by atoms with Crippen molar-refractivity contribution >= 4 is 6.03 Å². The summed E-state index contributed by atoms with van der Waals surface area (Å²) in [5.41, 5.74) is 0. The maximum atomic E-state index is 12.5. The molecule has 1 N–H and O–H groups in total. The van der Waals surface area contributed by atoms with Crippen molar-refractivity contribution < 1.29 is 9.32 Å². The average molecular weight is 320 g/mol. The summed E-state index contributed by atoms with van der Waals surface area (Å²) in [4.78, 5) is 18.9. The van der Waals surface area contributed by atoms with Crippen LogP contribution in [0, 0.1) is 0 Å². The normalized spacial score (nSPS) is 23.3. The van der Waals surface area contributed by atoms with Gasteiger partial charge in [-0.05, 0) is 25.7 Å². The first-order valence-corrected chi connectivity index (χ1v) is 9.02. The Kier molecular flexibility index (Phi) is 5.18. The van der Waals surface area contributed by atoms with Crippen molar-refractivity contribution in [2.75, 3.05) is 13.1 Å². The Hall–Kier alpha value is -1.59. The molecule has 1 aromatic heterocycles. The molecule has 3 rings (SSSR count). The number of hydrogen-bond acceptors (Lipinski definition) is 4. The van der Waals surface area contributed by atoms with Crippen LogP contribution in [0.15, 0.2) is 4.52 Å². The predicted molar refractivity (Wildman–Crippen MR) is 87.3 cm³/mol. The van der Waals surface area contributed by atoms with E-state index in [0.717, 1.165) is 38.1 Å². The molecular formula is C17H28N4O2. The van der Waals surface area contributed by atoms with Crippen LogP contribution in [0.3, 0.4) is 0 Å². The van der Waals surface area contributed by atoms with Gasteiger partial charge in [0.2, 0.25) is 5.89 Å². The molecule has 0 bridgehead atoms. The summed E-state index contributed by atoms with van der Waals surface area (Å²) >= 11 is 0. The maximum Gasteiger partial charge on any atom is 0.317 e. The van der Waals surface area contributed by atoms with Crippen molar-refractivity contribution in [2.24, 2.45) is 0 Å². The van der Waals surface area contributed by atoms with Crippen LogP contribution in [-0.2, 0) is 0 Å². The molecule has 6 nitrogen and oxygen atoms in total. The summed E-state index contributed by atoms with van der Waals surface area (Å²) in [7, 11) is 0. The van der Waals surface area contributed by atoms with Gasteiger partial charge in [-0.2, -0.15) is 4.98 Å². The van der Waals surface area contributed by atoms with E-state index in [1.807, 2.05) is 4.90 Å². The van der Waals surface area contributed by atoms with E-state index < -0.39 is 0 Å². The van der Waals surface area contributed by atoms with Crippen molar-refractivity contribution in [1.82, 2.24) is 20.4 Å². The second-order valence-corrected chi connectivity index (χ2v) is 7.22. The van der Waals surface area contributed by atoms with E-state index in [0.29, 0.717) is 18.5 Å². The highest BCUT2D eigenvalue weighted by atomic mass is 16.5. The molecule has 23 heavy (non-hydrogen) atoms. The van der Waals surface area contributed by atoms with E-state index in [2.05, 4.69) is 29.3 Å². The lowest BCUT2D eigenvalue weighted by Crippen LogP contribution is -2.48. The van der Waals surface area contributed by atoms with Crippen LogP contribution < -0.4 is 5.32 Å². The molecule has 0 aromatic carbocycles. The minimum atomic E-state index is 0.0743. The summed E-state index contributed by atoms with van der Waals surface area (Å²) in [5, 5.41) is 7.25. The molecule has 2 amide bonds. The third-order valence-electron chi connectivity index (χ3n) is 4.96. The van der Waals surface area contributed by atoms with E-state index in [9.17, 15) is 4.79 Å². The van der Waals surface area contributed by atoms with Gasteiger partial charge in [-0.15, -0.1) is 0 Å². The third kappa shape index (κ3) is 4.03. The van der Waals surface area contributed by atoms with Gasteiger partial charge in [0, 0.05) is 25.0 Å². The monoisotopic (exact) mass is 320 g/mol. The molecule has 2 heterocycles. The average Bonchev–Trinajstić information content (AvgIpc) is 3.06. The van der Waals surface area contributed by atoms with Gasteiger partial charge in [0.05, 0.1) is 5.92 Å². The fourth-order valence-electron chi connectivity index (χ4n) is 3.52. The van der Waals surface area contributed by atoms with Gasteiger partial charge in [0.15, 0.2) is 5.82 Å². The van der Waals surface area contributed by atoms with Gasteiger partial charge in [-0.1, -0.05) is 38.3 Å². The Labute approximate surface area is 138 Å².